The first-order valence-electron chi connectivity index (χ1n) is 9.52. The highest BCUT2D eigenvalue weighted by molar-refractivity contribution is 6.03. The second-order valence-electron chi connectivity index (χ2n) is 6.72. The van der Waals surface area contributed by atoms with Crippen LogP contribution < -0.4 is 10.9 Å². The monoisotopic (exact) mass is 396 g/mol. The van der Waals surface area contributed by atoms with E-state index < -0.39 is 0 Å². The third-order valence-electron chi connectivity index (χ3n) is 4.67. The number of amides is 2. The topological polar surface area (TPSA) is 76.0 Å². The maximum atomic E-state index is 12.7. The van der Waals surface area contributed by atoms with E-state index >= 15 is 0 Å². The van der Waals surface area contributed by atoms with Gasteiger partial charge in [-0.25, -0.2) is 0 Å². The SMILES string of the molecule is O=C(NNC(=O)c1ccccc1-c1ccc(Cn2cccn2)cc1)c1ccccc1. The highest BCUT2D eigenvalue weighted by Crippen LogP contribution is 2.24. The Bertz CT molecular complexity index is 1140. The Balaban J connectivity index is 1.48. The quantitative estimate of drug-likeness (QED) is 0.506. The molecule has 4 rings (SSSR count). The molecule has 1 aromatic heterocycles. The first-order chi connectivity index (χ1) is 14.7. The molecule has 0 spiro atoms. The number of hydrogen-bond donors (Lipinski definition) is 2. The lowest BCUT2D eigenvalue weighted by atomic mass is 9.98. The third kappa shape index (κ3) is 4.44. The summed E-state index contributed by atoms with van der Waals surface area (Å²) in [6.07, 6.45) is 3.66. The molecular formula is C24H20N4O2. The van der Waals surface area contributed by atoms with Crippen molar-refractivity contribution in [1.82, 2.24) is 20.6 Å². The average Bonchev–Trinajstić information content (AvgIpc) is 3.31. The molecule has 0 aliphatic rings. The minimum Gasteiger partial charge on any atom is -0.268 e. The summed E-state index contributed by atoms with van der Waals surface area (Å²) in [6.45, 7) is 0.681. The molecule has 0 bridgehead atoms. The molecule has 148 valence electrons. The molecule has 4 aromatic rings. The van der Waals surface area contributed by atoms with Gasteiger partial charge in [-0.1, -0.05) is 60.7 Å². The number of carbonyl (C=O) groups excluding carboxylic acids is 2. The van der Waals surface area contributed by atoms with Crippen LogP contribution in [0, 0.1) is 0 Å². The normalized spacial score (nSPS) is 10.4. The van der Waals surface area contributed by atoms with Gasteiger partial charge in [0.15, 0.2) is 0 Å². The van der Waals surface area contributed by atoms with Crippen molar-refractivity contribution in [3.63, 3.8) is 0 Å². The summed E-state index contributed by atoms with van der Waals surface area (Å²) in [6, 6.07) is 25.9. The van der Waals surface area contributed by atoms with E-state index in [0.29, 0.717) is 17.7 Å². The molecule has 6 heteroatoms. The molecule has 0 fully saturated rings. The fourth-order valence-corrected chi connectivity index (χ4v) is 3.15. The number of rotatable bonds is 5. The molecule has 3 aromatic carbocycles. The van der Waals surface area contributed by atoms with Crippen molar-refractivity contribution >= 4 is 11.8 Å². The summed E-state index contributed by atoms with van der Waals surface area (Å²) in [5, 5.41) is 4.22. The van der Waals surface area contributed by atoms with Gasteiger partial charge in [0.05, 0.1) is 6.54 Å². The Morgan fingerprint density at radius 3 is 2.20 bits per heavy atom. The van der Waals surface area contributed by atoms with Crippen LogP contribution in [0.4, 0.5) is 0 Å². The molecule has 0 aliphatic heterocycles. The van der Waals surface area contributed by atoms with Crippen LogP contribution >= 0.6 is 0 Å². The molecule has 0 atom stereocenters. The van der Waals surface area contributed by atoms with Crippen LogP contribution in [0.2, 0.25) is 0 Å². The van der Waals surface area contributed by atoms with Crippen molar-refractivity contribution in [2.45, 2.75) is 6.54 Å². The molecule has 0 saturated heterocycles. The maximum Gasteiger partial charge on any atom is 0.270 e. The van der Waals surface area contributed by atoms with Gasteiger partial charge in [-0.3, -0.25) is 25.1 Å². The van der Waals surface area contributed by atoms with Gasteiger partial charge in [-0.05, 0) is 41.0 Å². The van der Waals surface area contributed by atoms with E-state index in [0.717, 1.165) is 16.7 Å². The molecule has 1 heterocycles. The molecule has 6 nitrogen and oxygen atoms in total. The molecule has 30 heavy (non-hydrogen) atoms. The van der Waals surface area contributed by atoms with Crippen molar-refractivity contribution in [1.29, 1.82) is 0 Å². The van der Waals surface area contributed by atoms with Crippen molar-refractivity contribution in [3.05, 3.63) is 114 Å². The van der Waals surface area contributed by atoms with E-state index in [1.807, 2.05) is 59.4 Å². The first-order valence-corrected chi connectivity index (χ1v) is 9.52. The van der Waals surface area contributed by atoms with E-state index in [2.05, 4.69) is 16.0 Å². The Morgan fingerprint density at radius 1 is 0.767 bits per heavy atom. The van der Waals surface area contributed by atoms with Crippen LogP contribution in [-0.2, 0) is 6.54 Å². The third-order valence-corrected chi connectivity index (χ3v) is 4.67. The zero-order chi connectivity index (χ0) is 20.8. The molecule has 0 saturated carbocycles. The molecule has 2 N–H and O–H groups in total. The van der Waals surface area contributed by atoms with Crippen LogP contribution in [0.3, 0.4) is 0 Å². The van der Waals surface area contributed by atoms with Crippen molar-refractivity contribution in [2.75, 3.05) is 0 Å². The molecule has 0 aliphatic carbocycles. The second-order valence-corrected chi connectivity index (χ2v) is 6.72. The summed E-state index contributed by atoms with van der Waals surface area (Å²) >= 11 is 0. The van der Waals surface area contributed by atoms with E-state index in [4.69, 9.17) is 0 Å². The fourth-order valence-electron chi connectivity index (χ4n) is 3.15. The Morgan fingerprint density at radius 2 is 1.47 bits per heavy atom. The van der Waals surface area contributed by atoms with Gasteiger partial charge in [0.2, 0.25) is 0 Å². The van der Waals surface area contributed by atoms with E-state index in [9.17, 15) is 9.59 Å². The number of nitrogens with one attached hydrogen (secondary N) is 2. The minimum atomic E-state index is -0.379. The number of aromatic nitrogens is 2. The largest absolute Gasteiger partial charge is 0.270 e. The number of hydrazine groups is 1. The van der Waals surface area contributed by atoms with E-state index in [-0.39, 0.29) is 11.8 Å². The van der Waals surface area contributed by atoms with Crippen molar-refractivity contribution < 1.29 is 9.59 Å². The van der Waals surface area contributed by atoms with Crippen molar-refractivity contribution in [3.8, 4) is 11.1 Å². The fraction of sp³-hybridized carbons (Fsp3) is 0.0417. The zero-order valence-electron chi connectivity index (χ0n) is 16.2. The van der Waals surface area contributed by atoms with Gasteiger partial charge in [-0.2, -0.15) is 5.10 Å². The second kappa shape index (κ2) is 8.87. The van der Waals surface area contributed by atoms with Crippen LogP contribution in [0.1, 0.15) is 26.3 Å². The maximum absolute atomic E-state index is 12.7. The minimum absolute atomic E-state index is 0.371. The lowest BCUT2D eigenvalue weighted by molar-refractivity contribution is 0.0847. The van der Waals surface area contributed by atoms with Gasteiger partial charge in [-0.15, -0.1) is 0 Å². The number of nitrogens with zero attached hydrogens (tertiary/aromatic N) is 2. The summed E-state index contributed by atoms with van der Waals surface area (Å²) in [7, 11) is 0. The van der Waals surface area contributed by atoms with Crippen LogP contribution in [0.15, 0.2) is 97.3 Å². The van der Waals surface area contributed by atoms with Crippen LogP contribution in [0.5, 0.6) is 0 Å². The zero-order valence-corrected chi connectivity index (χ0v) is 16.2. The number of carbonyl (C=O) groups is 2. The predicted molar refractivity (Wildman–Crippen MR) is 115 cm³/mol. The summed E-state index contributed by atoms with van der Waals surface area (Å²) in [4.78, 5) is 24.9. The van der Waals surface area contributed by atoms with Gasteiger partial charge in [0.1, 0.15) is 0 Å². The lowest BCUT2D eigenvalue weighted by Crippen LogP contribution is -2.41. The van der Waals surface area contributed by atoms with Crippen molar-refractivity contribution in [2.24, 2.45) is 0 Å². The molecule has 0 unspecified atom stereocenters. The Labute approximate surface area is 174 Å². The van der Waals surface area contributed by atoms with E-state index in [1.165, 1.54) is 0 Å². The van der Waals surface area contributed by atoms with Gasteiger partial charge in [0, 0.05) is 23.5 Å². The van der Waals surface area contributed by atoms with Gasteiger partial charge in [0.25, 0.3) is 11.8 Å². The summed E-state index contributed by atoms with van der Waals surface area (Å²) in [5.41, 5.74) is 8.72. The smallest absolute Gasteiger partial charge is 0.268 e. The first kappa shape index (κ1) is 19.1. The molecular weight excluding hydrogens is 376 g/mol. The number of benzene rings is 3. The Hall–Kier alpha value is -4.19. The Kier molecular flexibility index (Phi) is 5.66. The molecule has 2 amide bonds. The highest BCUT2D eigenvalue weighted by atomic mass is 16.2. The predicted octanol–water partition coefficient (Wildman–Crippen LogP) is 3.67. The lowest BCUT2D eigenvalue weighted by Gasteiger charge is -2.12. The molecule has 0 radical (unpaired) electrons. The van der Waals surface area contributed by atoms with Gasteiger partial charge >= 0.3 is 0 Å². The van der Waals surface area contributed by atoms with E-state index in [1.54, 1.807) is 42.6 Å². The van der Waals surface area contributed by atoms with Crippen LogP contribution in [0.25, 0.3) is 11.1 Å². The van der Waals surface area contributed by atoms with Crippen LogP contribution in [-0.4, -0.2) is 21.6 Å². The summed E-state index contributed by atoms with van der Waals surface area (Å²) < 4.78 is 1.85. The standard InChI is InChI=1S/C24H20N4O2/c29-23(20-7-2-1-3-8-20)26-27-24(30)22-10-5-4-9-21(22)19-13-11-18(12-14-19)17-28-16-6-15-25-28/h1-16H,17H2,(H,26,29)(H,27,30). The highest BCUT2D eigenvalue weighted by Gasteiger charge is 2.14. The average molecular weight is 396 g/mol. The van der Waals surface area contributed by atoms with Gasteiger partial charge < -0.3 is 0 Å². The number of hydrogen-bond acceptors (Lipinski definition) is 3. The summed E-state index contributed by atoms with van der Waals surface area (Å²) in [5.74, 6) is -0.750.